The van der Waals surface area contributed by atoms with Gasteiger partial charge in [-0.25, -0.2) is 0 Å². The zero-order valence-corrected chi connectivity index (χ0v) is 16.3. The van der Waals surface area contributed by atoms with Gasteiger partial charge >= 0.3 is 0 Å². The van der Waals surface area contributed by atoms with Crippen LogP contribution in [0.5, 0.6) is 0 Å². The molecule has 0 aliphatic heterocycles. The van der Waals surface area contributed by atoms with Gasteiger partial charge < -0.3 is 10.2 Å². The van der Waals surface area contributed by atoms with E-state index in [0.717, 1.165) is 49.8 Å². The Kier molecular flexibility index (Phi) is 5.75. The summed E-state index contributed by atoms with van der Waals surface area (Å²) in [7, 11) is 0. The van der Waals surface area contributed by atoms with Gasteiger partial charge in [-0.2, -0.15) is 0 Å². The van der Waals surface area contributed by atoms with Gasteiger partial charge in [-0.1, -0.05) is 55.7 Å². The molecule has 146 valence electrons. The van der Waals surface area contributed by atoms with E-state index in [1.165, 1.54) is 6.42 Å². The fourth-order valence-electron chi connectivity index (χ4n) is 4.04. The molecule has 4 heteroatoms. The zero-order chi connectivity index (χ0) is 19.3. The topological polar surface area (TPSA) is 49.4 Å². The van der Waals surface area contributed by atoms with Gasteiger partial charge in [0.2, 0.25) is 5.91 Å². The first-order chi connectivity index (χ1) is 13.7. The highest BCUT2D eigenvalue weighted by molar-refractivity contribution is 5.98. The van der Waals surface area contributed by atoms with Gasteiger partial charge in [0.05, 0.1) is 0 Å². The second-order valence-electron chi connectivity index (χ2n) is 8.05. The molecule has 4 nitrogen and oxygen atoms in total. The molecule has 0 bridgehead atoms. The van der Waals surface area contributed by atoms with Crippen molar-refractivity contribution in [1.29, 1.82) is 0 Å². The minimum Gasteiger partial charge on any atom is -0.331 e. The van der Waals surface area contributed by atoms with E-state index < -0.39 is 0 Å². The molecule has 2 aromatic rings. The first-order valence-electron chi connectivity index (χ1n) is 10.5. The van der Waals surface area contributed by atoms with Crippen molar-refractivity contribution in [2.75, 3.05) is 5.32 Å². The van der Waals surface area contributed by atoms with Gasteiger partial charge in [0.1, 0.15) is 0 Å². The first kappa shape index (κ1) is 18.7. The Morgan fingerprint density at radius 3 is 2.36 bits per heavy atom. The fraction of sp³-hybridized carbons (Fsp3) is 0.417. The van der Waals surface area contributed by atoms with Crippen molar-refractivity contribution in [3.8, 4) is 0 Å². The standard InChI is InChI=1S/C24H28N2O2/c27-23(19-10-5-2-6-11-19)25-21-13-7-12-20(16-21)24(28)26(22-14-15-22)17-18-8-3-1-4-9-18/h1,3-4,7-9,12-13,16,19,22H,2,5-6,10-11,14-15,17H2,(H,25,27). The number of carbonyl (C=O) groups is 2. The summed E-state index contributed by atoms with van der Waals surface area (Å²) in [6, 6.07) is 17.8. The molecule has 0 heterocycles. The third-order valence-electron chi connectivity index (χ3n) is 5.80. The molecule has 0 spiro atoms. The number of anilines is 1. The number of amides is 2. The summed E-state index contributed by atoms with van der Waals surface area (Å²) in [4.78, 5) is 27.7. The van der Waals surface area contributed by atoms with Crippen LogP contribution in [0.25, 0.3) is 0 Å². The Hall–Kier alpha value is -2.62. The summed E-state index contributed by atoms with van der Waals surface area (Å²) in [5, 5.41) is 3.03. The van der Waals surface area contributed by atoms with Gasteiger partial charge in [0.25, 0.3) is 5.91 Å². The highest BCUT2D eigenvalue weighted by Crippen LogP contribution is 2.30. The van der Waals surface area contributed by atoms with Crippen LogP contribution in [-0.2, 0) is 11.3 Å². The van der Waals surface area contributed by atoms with Crippen LogP contribution in [0, 0.1) is 5.92 Å². The van der Waals surface area contributed by atoms with E-state index >= 15 is 0 Å². The van der Waals surface area contributed by atoms with E-state index in [9.17, 15) is 9.59 Å². The second kappa shape index (κ2) is 8.59. The van der Waals surface area contributed by atoms with Crippen molar-refractivity contribution in [3.63, 3.8) is 0 Å². The lowest BCUT2D eigenvalue weighted by atomic mass is 9.88. The summed E-state index contributed by atoms with van der Waals surface area (Å²) in [5.74, 6) is 0.238. The molecule has 4 rings (SSSR count). The van der Waals surface area contributed by atoms with E-state index in [1.807, 2.05) is 47.4 Å². The van der Waals surface area contributed by atoms with Crippen LogP contribution in [0.3, 0.4) is 0 Å². The number of hydrogen-bond donors (Lipinski definition) is 1. The normalized spacial score (nSPS) is 17.1. The zero-order valence-electron chi connectivity index (χ0n) is 16.3. The van der Waals surface area contributed by atoms with E-state index in [1.54, 1.807) is 0 Å². The van der Waals surface area contributed by atoms with Crippen molar-refractivity contribution in [1.82, 2.24) is 4.90 Å². The molecule has 0 unspecified atom stereocenters. The maximum Gasteiger partial charge on any atom is 0.254 e. The quantitative estimate of drug-likeness (QED) is 0.770. The number of nitrogens with zero attached hydrogens (tertiary/aromatic N) is 1. The summed E-state index contributed by atoms with van der Waals surface area (Å²) < 4.78 is 0. The van der Waals surface area contributed by atoms with Crippen molar-refractivity contribution in [2.24, 2.45) is 5.92 Å². The van der Waals surface area contributed by atoms with Crippen LogP contribution < -0.4 is 5.32 Å². The Morgan fingerprint density at radius 1 is 0.893 bits per heavy atom. The van der Waals surface area contributed by atoms with E-state index in [4.69, 9.17) is 0 Å². The van der Waals surface area contributed by atoms with Gasteiger partial charge in [-0.15, -0.1) is 0 Å². The highest BCUT2D eigenvalue weighted by Gasteiger charge is 2.33. The molecule has 28 heavy (non-hydrogen) atoms. The molecular formula is C24H28N2O2. The molecule has 0 atom stereocenters. The molecule has 1 N–H and O–H groups in total. The van der Waals surface area contributed by atoms with Crippen molar-refractivity contribution >= 4 is 17.5 Å². The maximum atomic E-state index is 13.2. The SMILES string of the molecule is O=C(Nc1cccc(C(=O)N(Cc2ccccc2)C2CC2)c1)C1CCCCC1. The third-order valence-corrected chi connectivity index (χ3v) is 5.80. The summed E-state index contributed by atoms with van der Waals surface area (Å²) in [6.07, 6.45) is 7.56. The molecule has 2 saturated carbocycles. The number of nitrogens with one attached hydrogen (secondary N) is 1. The first-order valence-corrected chi connectivity index (χ1v) is 10.5. The van der Waals surface area contributed by atoms with Crippen LogP contribution in [0.15, 0.2) is 54.6 Å². The molecule has 0 aromatic heterocycles. The average molecular weight is 377 g/mol. The van der Waals surface area contributed by atoms with Crippen molar-refractivity contribution in [2.45, 2.75) is 57.5 Å². The lowest BCUT2D eigenvalue weighted by molar-refractivity contribution is -0.120. The van der Waals surface area contributed by atoms with Gasteiger partial charge in [0.15, 0.2) is 0 Å². The maximum absolute atomic E-state index is 13.2. The Bertz CT molecular complexity index is 824. The molecule has 2 amide bonds. The minimum absolute atomic E-state index is 0.0418. The van der Waals surface area contributed by atoms with Crippen LogP contribution in [0.4, 0.5) is 5.69 Å². The minimum atomic E-state index is 0.0418. The Morgan fingerprint density at radius 2 is 1.64 bits per heavy atom. The Balaban J connectivity index is 1.46. The monoisotopic (exact) mass is 376 g/mol. The van der Waals surface area contributed by atoms with Gasteiger partial charge in [-0.3, -0.25) is 9.59 Å². The number of rotatable bonds is 6. The average Bonchev–Trinajstić information content (AvgIpc) is 3.58. The second-order valence-corrected chi connectivity index (χ2v) is 8.05. The van der Waals surface area contributed by atoms with Crippen LogP contribution in [-0.4, -0.2) is 22.8 Å². The van der Waals surface area contributed by atoms with Crippen LogP contribution >= 0.6 is 0 Å². The number of hydrogen-bond acceptors (Lipinski definition) is 2. The van der Waals surface area contributed by atoms with Gasteiger partial charge in [-0.05, 0) is 49.4 Å². The molecule has 2 aromatic carbocycles. The molecule has 2 aliphatic rings. The van der Waals surface area contributed by atoms with Gasteiger partial charge in [0, 0.05) is 29.8 Å². The highest BCUT2D eigenvalue weighted by atomic mass is 16.2. The van der Waals surface area contributed by atoms with Crippen LogP contribution in [0.1, 0.15) is 60.9 Å². The summed E-state index contributed by atoms with van der Waals surface area (Å²) in [6.45, 7) is 0.628. The summed E-state index contributed by atoms with van der Waals surface area (Å²) in [5.41, 5.74) is 2.51. The molecule has 2 fully saturated rings. The Labute approximate surface area is 166 Å². The lowest BCUT2D eigenvalue weighted by Gasteiger charge is -2.23. The van der Waals surface area contributed by atoms with Crippen molar-refractivity contribution in [3.05, 3.63) is 65.7 Å². The predicted molar refractivity (Wildman–Crippen MR) is 111 cm³/mol. The molecular weight excluding hydrogens is 348 g/mol. The van der Waals surface area contributed by atoms with Crippen LogP contribution in [0.2, 0.25) is 0 Å². The molecule has 0 saturated heterocycles. The number of benzene rings is 2. The van der Waals surface area contributed by atoms with E-state index in [2.05, 4.69) is 17.4 Å². The van der Waals surface area contributed by atoms with E-state index in [0.29, 0.717) is 18.2 Å². The fourth-order valence-corrected chi connectivity index (χ4v) is 4.04. The lowest BCUT2D eigenvalue weighted by Crippen LogP contribution is -2.32. The van der Waals surface area contributed by atoms with Crippen molar-refractivity contribution < 1.29 is 9.59 Å². The number of carbonyl (C=O) groups excluding carboxylic acids is 2. The third kappa shape index (κ3) is 4.61. The van der Waals surface area contributed by atoms with E-state index in [-0.39, 0.29) is 17.7 Å². The smallest absolute Gasteiger partial charge is 0.254 e. The summed E-state index contributed by atoms with van der Waals surface area (Å²) >= 11 is 0. The molecule has 0 radical (unpaired) electrons. The predicted octanol–water partition coefficient (Wildman–Crippen LogP) is 5.01. The largest absolute Gasteiger partial charge is 0.331 e. The molecule has 2 aliphatic carbocycles.